The first-order chi connectivity index (χ1) is 11.5. The molecule has 0 fully saturated rings. The van der Waals surface area contributed by atoms with Crippen LogP contribution in [0, 0.1) is 12.7 Å². The SMILES string of the molecule is Cc1nn(-c2ccccc2F)c(N)c1C(=O)Nc1ccc(Cl)cn1. The van der Waals surface area contributed by atoms with Gasteiger partial charge in [-0.25, -0.2) is 14.1 Å². The number of para-hydroxylation sites is 1. The molecular weight excluding hydrogens is 333 g/mol. The molecule has 0 saturated carbocycles. The first-order valence-corrected chi connectivity index (χ1v) is 7.38. The van der Waals surface area contributed by atoms with E-state index in [2.05, 4.69) is 15.4 Å². The molecule has 1 amide bonds. The molecule has 24 heavy (non-hydrogen) atoms. The topological polar surface area (TPSA) is 85.8 Å². The summed E-state index contributed by atoms with van der Waals surface area (Å²) in [5.74, 6) is -0.605. The molecule has 122 valence electrons. The number of nitrogen functional groups attached to an aromatic ring is 1. The third kappa shape index (κ3) is 2.93. The van der Waals surface area contributed by atoms with E-state index in [1.807, 2.05) is 0 Å². The minimum atomic E-state index is -0.488. The Labute approximate surface area is 142 Å². The Morgan fingerprint density at radius 1 is 1.29 bits per heavy atom. The van der Waals surface area contributed by atoms with Crippen LogP contribution in [0.2, 0.25) is 5.02 Å². The van der Waals surface area contributed by atoms with Crippen LogP contribution in [0.5, 0.6) is 0 Å². The highest BCUT2D eigenvalue weighted by molar-refractivity contribution is 6.30. The van der Waals surface area contributed by atoms with E-state index < -0.39 is 11.7 Å². The number of carbonyl (C=O) groups is 1. The van der Waals surface area contributed by atoms with E-state index in [-0.39, 0.29) is 17.1 Å². The summed E-state index contributed by atoms with van der Waals surface area (Å²) in [6, 6.07) is 9.21. The van der Waals surface area contributed by atoms with Crippen molar-refractivity contribution in [3.63, 3.8) is 0 Å². The van der Waals surface area contributed by atoms with E-state index in [4.69, 9.17) is 17.3 Å². The third-order valence-corrected chi connectivity index (χ3v) is 3.60. The minimum Gasteiger partial charge on any atom is -0.383 e. The number of nitrogens with two attached hydrogens (primary N) is 1. The number of anilines is 2. The van der Waals surface area contributed by atoms with Crippen LogP contribution in [0.25, 0.3) is 5.69 Å². The fraction of sp³-hybridized carbons (Fsp3) is 0.0625. The van der Waals surface area contributed by atoms with E-state index in [1.54, 1.807) is 31.2 Å². The second-order valence-corrected chi connectivity index (χ2v) is 5.46. The molecule has 0 spiro atoms. The molecule has 0 saturated heterocycles. The number of carbonyl (C=O) groups excluding carboxylic acids is 1. The number of amides is 1. The average Bonchev–Trinajstić information content (AvgIpc) is 2.85. The van der Waals surface area contributed by atoms with Gasteiger partial charge in [0.15, 0.2) is 0 Å². The van der Waals surface area contributed by atoms with Crippen molar-refractivity contribution >= 4 is 29.1 Å². The Morgan fingerprint density at radius 2 is 2.04 bits per heavy atom. The summed E-state index contributed by atoms with van der Waals surface area (Å²) in [6.07, 6.45) is 1.41. The lowest BCUT2D eigenvalue weighted by atomic mass is 10.2. The molecule has 0 unspecified atom stereocenters. The zero-order chi connectivity index (χ0) is 17.3. The summed E-state index contributed by atoms with van der Waals surface area (Å²) in [4.78, 5) is 16.4. The van der Waals surface area contributed by atoms with Crippen molar-refractivity contribution in [2.24, 2.45) is 0 Å². The predicted molar refractivity (Wildman–Crippen MR) is 89.9 cm³/mol. The van der Waals surface area contributed by atoms with Crippen molar-refractivity contribution in [3.8, 4) is 5.69 Å². The highest BCUT2D eigenvalue weighted by atomic mass is 35.5. The van der Waals surface area contributed by atoms with Gasteiger partial charge in [0.1, 0.15) is 28.7 Å². The normalized spacial score (nSPS) is 10.6. The number of aryl methyl sites for hydroxylation is 1. The standard InChI is InChI=1S/C16H13ClFN5O/c1-9-14(16(24)21-13-7-6-10(17)8-20-13)15(19)23(22-9)12-5-3-2-4-11(12)18/h2-8H,19H2,1H3,(H,20,21,24). The van der Waals surface area contributed by atoms with Crippen molar-refractivity contribution in [3.05, 3.63) is 64.7 Å². The maximum Gasteiger partial charge on any atom is 0.262 e. The van der Waals surface area contributed by atoms with Gasteiger partial charge < -0.3 is 11.1 Å². The average molecular weight is 346 g/mol. The fourth-order valence-corrected chi connectivity index (χ4v) is 2.37. The van der Waals surface area contributed by atoms with Crippen molar-refractivity contribution < 1.29 is 9.18 Å². The molecule has 0 aliphatic rings. The number of rotatable bonds is 3. The Bertz CT molecular complexity index is 907. The number of benzene rings is 1. The summed E-state index contributed by atoms with van der Waals surface area (Å²) in [5, 5.41) is 7.23. The van der Waals surface area contributed by atoms with Crippen molar-refractivity contribution in [1.82, 2.24) is 14.8 Å². The Balaban J connectivity index is 1.96. The molecule has 6 nitrogen and oxygen atoms in total. The number of hydrogen-bond acceptors (Lipinski definition) is 4. The Hall–Kier alpha value is -2.93. The van der Waals surface area contributed by atoms with Gasteiger partial charge in [-0.1, -0.05) is 23.7 Å². The number of pyridine rings is 1. The van der Waals surface area contributed by atoms with Gasteiger partial charge in [0, 0.05) is 6.20 Å². The van der Waals surface area contributed by atoms with E-state index in [0.717, 1.165) is 0 Å². The van der Waals surface area contributed by atoms with Crippen LogP contribution in [0.15, 0.2) is 42.6 Å². The number of nitrogens with zero attached hydrogens (tertiary/aromatic N) is 3. The number of aromatic nitrogens is 3. The maximum absolute atomic E-state index is 13.9. The first kappa shape index (κ1) is 15.9. The van der Waals surface area contributed by atoms with E-state index >= 15 is 0 Å². The zero-order valence-electron chi connectivity index (χ0n) is 12.6. The van der Waals surface area contributed by atoms with Gasteiger partial charge in [0.05, 0.1) is 10.7 Å². The third-order valence-electron chi connectivity index (χ3n) is 3.37. The number of nitrogens with one attached hydrogen (secondary N) is 1. The van der Waals surface area contributed by atoms with Crippen LogP contribution in [0.1, 0.15) is 16.1 Å². The van der Waals surface area contributed by atoms with Crippen LogP contribution in [0.3, 0.4) is 0 Å². The van der Waals surface area contributed by atoms with E-state index in [9.17, 15) is 9.18 Å². The van der Waals surface area contributed by atoms with Crippen LogP contribution in [-0.2, 0) is 0 Å². The fourth-order valence-electron chi connectivity index (χ4n) is 2.26. The van der Waals surface area contributed by atoms with Gasteiger partial charge in [-0.2, -0.15) is 5.10 Å². The first-order valence-electron chi connectivity index (χ1n) is 7.00. The monoisotopic (exact) mass is 345 g/mol. The van der Waals surface area contributed by atoms with Crippen molar-refractivity contribution in [1.29, 1.82) is 0 Å². The van der Waals surface area contributed by atoms with Gasteiger partial charge >= 0.3 is 0 Å². The molecule has 2 heterocycles. The smallest absolute Gasteiger partial charge is 0.262 e. The van der Waals surface area contributed by atoms with Gasteiger partial charge in [-0.15, -0.1) is 0 Å². The molecule has 8 heteroatoms. The highest BCUT2D eigenvalue weighted by Gasteiger charge is 2.22. The minimum absolute atomic E-state index is 0.0454. The highest BCUT2D eigenvalue weighted by Crippen LogP contribution is 2.23. The second-order valence-electron chi connectivity index (χ2n) is 5.02. The van der Waals surface area contributed by atoms with Gasteiger partial charge in [-0.3, -0.25) is 4.79 Å². The molecule has 0 aliphatic heterocycles. The molecule has 1 aromatic carbocycles. The van der Waals surface area contributed by atoms with Crippen LogP contribution in [-0.4, -0.2) is 20.7 Å². The van der Waals surface area contributed by atoms with E-state index in [1.165, 1.54) is 23.0 Å². The predicted octanol–water partition coefficient (Wildman–Crippen LogP) is 3.20. The molecule has 3 N–H and O–H groups in total. The Morgan fingerprint density at radius 3 is 2.71 bits per heavy atom. The molecule has 3 aromatic rings. The van der Waals surface area contributed by atoms with E-state index in [0.29, 0.717) is 16.5 Å². The molecule has 3 rings (SSSR count). The summed E-state index contributed by atoms with van der Waals surface area (Å²) < 4.78 is 15.1. The van der Waals surface area contributed by atoms with Crippen LogP contribution >= 0.6 is 11.6 Å². The number of halogens is 2. The lowest BCUT2D eigenvalue weighted by molar-refractivity contribution is 0.102. The molecule has 0 atom stereocenters. The zero-order valence-corrected chi connectivity index (χ0v) is 13.4. The number of hydrogen-bond donors (Lipinski definition) is 2. The molecule has 0 radical (unpaired) electrons. The van der Waals surface area contributed by atoms with Gasteiger partial charge in [-0.05, 0) is 31.2 Å². The largest absolute Gasteiger partial charge is 0.383 e. The summed E-state index contributed by atoms with van der Waals surface area (Å²) in [6.45, 7) is 1.62. The summed E-state index contributed by atoms with van der Waals surface area (Å²) in [5.41, 5.74) is 6.72. The quantitative estimate of drug-likeness (QED) is 0.763. The van der Waals surface area contributed by atoms with Crippen LogP contribution in [0.4, 0.5) is 16.0 Å². The molecule has 0 bridgehead atoms. The molecule has 0 aliphatic carbocycles. The van der Waals surface area contributed by atoms with Crippen molar-refractivity contribution in [2.75, 3.05) is 11.1 Å². The van der Waals surface area contributed by atoms with Crippen LogP contribution < -0.4 is 11.1 Å². The van der Waals surface area contributed by atoms with Crippen molar-refractivity contribution in [2.45, 2.75) is 6.92 Å². The van der Waals surface area contributed by atoms with Gasteiger partial charge in [0.2, 0.25) is 0 Å². The Kier molecular flexibility index (Phi) is 4.18. The summed E-state index contributed by atoms with van der Waals surface area (Å²) in [7, 11) is 0. The second kappa shape index (κ2) is 6.29. The molecular formula is C16H13ClFN5O. The lowest BCUT2D eigenvalue weighted by Crippen LogP contribution is -2.15. The summed E-state index contributed by atoms with van der Waals surface area (Å²) >= 11 is 5.76. The maximum atomic E-state index is 13.9. The molecule has 2 aromatic heterocycles. The van der Waals surface area contributed by atoms with Gasteiger partial charge in [0.25, 0.3) is 5.91 Å². The lowest BCUT2D eigenvalue weighted by Gasteiger charge is -2.07.